The van der Waals surface area contributed by atoms with Crippen LogP contribution in [-0.4, -0.2) is 40.7 Å². The number of carbonyl (C=O) groups excluding carboxylic acids is 2. The summed E-state index contributed by atoms with van der Waals surface area (Å²) in [5.41, 5.74) is 2.07. The van der Waals surface area contributed by atoms with E-state index < -0.39 is 5.97 Å². The first kappa shape index (κ1) is 21.5. The number of benzene rings is 1. The first-order valence-electron chi connectivity index (χ1n) is 9.03. The number of carbonyl (C=O) groups is 2. The Morgan fingerprint density at radius 2 is 1.96 bits per heavy atom. The highest BCUT2D eigenvalue weighted by molar-refractivity contribution is 8.00. The quantitative estimate of drug-likeness (QED) is 0.500. The lowest BCUT2D eigenvalue weighted by molar-refractivity contribution is -0.128. The molecule has 0 atom stereocenters. The summed E-state index contributed by atoms with van der Waals surface area (Å²) in [5.74, 6) is -0.369. The van der Waals surface area contributed by atoms with Gasteiger partial charge in [-0.1, -0.05) is 42.1 Å². The first-order valence-corrected chi connectivity index (χ1v) is 10.0. The van der Waals surface area contributed by atoms with Crippen molar-refractivity contribution in [3.8, 4) is 6.07 Å². The highest BCUT2D eigenvalue weighted by atomic mass is 32.2. The maximum absolute atomic E-state index is 12.6. The second-order valence-electron chi connectivity index (χ2n) is 5.99. The van der Waals surface area contributed by atoms with E-state index in [2.05, 4.69) is 11.1 Å². The van der Waals surface area contributed by atoms with Crippen molar-refractivity contribution < 1.29 is 14.3 Å². The van der Waals surface area contributed by atoms with Gasteiger partial charge < -0.3 is 9.64 Å². The van der Waals surface area contributed by atoms with Crippen LogP contribution in [-0.2, 0) is 16.1 Å². The third-order valence-corrected chi connectivity index (χ3v) is 5.05. The molecule has 0 unspecified atom stereocenters. The maximum Gasteiger partial charge on any atom is 0.340 e. The van der Waals surface area contributed by atoms with E-state index in [0.717, 1.165) is 5.56 Å². The summed E-state index contributed by atoms with van der Waals surface area (Å²) < 4.78 is 4.99. The number of pyridine rings is 1. The highest BCUT2D eigenvalue weighted by Crippen LogP contribution is 2.24. The van der Waals surface area contributed by atoms with Crippen molar-refractivity contribution in [3.05, 3.63) is 58.8 Å². The van der Waals surface area contributed by atoms with Crippen molar-refractivity contribution in [3.63, 3.8) is 0 Å². The molecule has 7 heteroatoms. The number of thioether (sulfide) groups is 1. The number of hydrogen-bond acceptors (Lipinski definition) is 6. The average molecular weight is 398 g/mol. The summed E-state index contributed by atoms with van der Waals surface area (Å²) >= 11 is 1.20. The van der Waals surface area contributed by atoms with Crippen molar-refractivity contribution in [1.29, 1.82) is 5.26 Å². The Morgan fingerprint density at radius 3 is 2.57 bits per heavy atom. The molecule has 0 aliphatic heterocycles. The molecule has 0 fully saturated rings. The topological polar surface area (TPSA) is 83.3 Å². The number of aryl methyl sites for hydroxylation is 1. The molecule has 0 radical (unpaired) electrons. The van der Waals surface area contributed by atoms with Gasteiger partial charge in [-0.3, -0.25) is 4.79 Å². The van der Waals surface area contributed by atoms with Gasteiger partial charge in [-0.2, -0.15) is 5.26 Å². The Hall–Kier alpha value is -2.85. The molecule has 0 N–H and O–H groups in total. The number of aromatic nitrogens is 1. The SMILES string of the molecule is CCOC(=O)c1cc(C#N)c(SCC(=O)N(CC)Cc2ccccc2)nc1C. The monoisotopic (exact) mass is 397 g/mol. The molecule has 28 heavy (non-hydrogen) atoms. The van der Waals surface area contributed by atoms with Crippen LogP contribution < -0.4 is 0 Å². The molecule has 6 nitrogen and oxygen atoms in total. The van der Waals surface area contributed by atoms with Crippen molar-refractivity contribution in [2.24, 2.45) is 0 Å². The Bertz CT molecular complexity index is 878. The van der Waals surface area contributed by atoms with Gasteiger partial charge in [0.1, 0.15) is 11.1 Å². The predicted molar refractivity (Wildman–Crippen MR) is 108 cm³/mol. The molecule has 0 aliphatic rings. The number of esters is 1. The van der Waals surface area contributed by atoms with Crippen LogP contribution in [0.3, 0.4) is 0 Å². The fourth-order valence-electron chi connectivity index (χ4n) is 2.59. The van der Waals surface area contributed by atoms with Crippen molar-refractivity contribution in [2.75, 3.05) is 18.9 Å². The molecule has 0 aliphatic carbocycles. The molecular formula is C21H23N3O3S. The molecular weight excluding hydrogens is 374 g/mol. The number of nitrogens with zero attached hydrogens (tertiary/aromatic N) is 3. The molecule has 1 aromatic carbocycles. The minimum absolute atomic E-state index is 0.0332. The van der Waals surface area contributed by atoms with E-state index >= 15 is 0 Å². The van der Waals surface area contributed by atoms with Gasteiger partial charge in [-0.05, 0) is 32.4 Å². The van der Waals surface area contributed by atoms with Crippen LogP contribution in [0.4, 0.5) is 0 Å². The predicted octanol–water partition coefficient (Wildman–Crippen LogP) is 3.58. The van der Waals surface area contributed by atoms with Gasteiger partial charge in [0.05, 0.1) is 29.2 Å². The second-order valence-corrected chi connectivity index (χ2v) is 6.95. The lowest BCUT2D eigenvalue weighted by Crippen LogP contribution is -2.31. The number of rotatable bonds is 8. The van der Waals surface area contributed by atoms with Crippen LogP contribution in [0.1, 0.15) is 41.0 Å². The van der Waals surface area contributed by atoms with E-state index in [0.29, 0.717) is 23.8 Å². The molecule has 0 spiro atoms. The van der Waals surface area contributed by atoms with Gasteiger partial charge in [0.25, 0.3) is 0 Å². The molecule has 146 valence electrons. The zero-order valence-corrected chi connectivity index (χ0v) is 17.1. The summed E-state index contributed by atoms with van der Waals surface area (Å²) in [5, 5.41) is 9.85. The van der Waals surface area contributed by atoms with E-state index in [1.54, 1.807) is 18.7 Å². The molecule has 1 aromatic heterocycles. The molecule has 1 heterocycles. The average Bonchev–Trinajstić information content (AvgIpc) is 2.71. The molecule has 0 saturated heterocycles. The number of ether oxygens (including phenoxy) is 1. The van der Waals surface area contributed by atoms with Gasteiger partial charge in [0, 0.05) is 13.1 Å². The van der Waals surface area contributed by atoms with Gasteiger partial charge in [0.2, 0.25) is 5.91 Å². The van der Waals surface area contributed by atoms with Crippen LogP contribution in [0.2, 0.25) is 0 Å². The van der Waals surface area contributed by atoms with Crippen molar-refractivity contribution >= 4 is 23.6 Å². The molecule has 1 amide bonds. The Kier molecular flexibility index (Phi) is 8.02. The lowest BCUT2D eigenvalue weighted by atomic mass is 10.1. The van der Waals surface area contributed by atoms with Crippen molar-refractivity contribution in [1.82, 2.24) is 9.88 Å². The zero-order chi connectivity index (χ0) is 20.5. The summed E-state index contributed by atoms with van der Waals surface area (Å²) in [6.45, 7) is 6.72. The largest absolute Gasteiger partial charge is 0.462 e. The lowest BCUT2D eigenvalue weighted by Gasteiger charge is -2.21. The molecule has 0 bridgehead atoms. The Balaban J connectivity index is 2.10. The summed E-state index contributed by atoms with van der Waals surface area (Å²) in [4.78, 5) is 30.7. The standard InChI is InChI=1S/C21H23N3O3S/c1-4-24(13-16-9-7-6-8-10-16)19(25)14-28-20-17(12-22)11-18(15(3)23-20)21(26)27-5-2/h6-11H,4-5,13-14H2,1-3H3. The van der Waals surface area contributed by atoms with E-state index in [-0.39, 0.29) is 29.4 Å². The first-order chi connectivity index (χ1) is 13.5. The van der Waals surface area contributed by atoms with E-state index in [1.165, 1.54) is 17.8 Å². The fourth-order valence-corrected chi connectivity index (χ4v) is 3.49. The van der Waals surface area contributed by atoms with Crippen molar-refractivity contribution in [2.45, 2.75) is 32.3 Å². The summed E-state index contributed by atoms with van der Waals surface area (Å²) in [7, 11) is 0. The number of amides is 1. The summed E-state index contributed by atoms with van der Waals surface area (Å²) in [6.07, 6.45) is 0. The Morgan fingerprint density at radius 1 is 1.25 bits per heavy atom. The third kappa shape index (κ3) is 5.57. The Labute approximate surface area is 169 Å². The van der Waals surface area contributed by atoms with Crippen LogP contribution >= 0.6 is 11.8 Å². The van der Waals surface area contributed by atoms with Gasteiger partial charge >= 0.3 is 5.97 Å². The molecule has 2 aromatic rings. The minimum atomic E-state index is -0.503. The van der Waals surface area contributed by atoms with E-state index in [9.17, 15) is 14.9 Å². The van der Waals surface area contributed by atoms with E-state index in [4.69, 9.17) is 4.74 Å². The van der Waals surface area contributed by atoms with Crippen LogP contribution in [0.15, 0.2) is 41.4 Å². The third-order valence-electron chi connectivity index (χ3n) is 4.08. The van der Waals surface area contributed by atoms with Crippen LogP contribution in [0, 0.1) is 18.3 Å². The second kappa shape index (κ2) is 10.5. The highest BCUT2D eigenvalue weighted by Gasteiger charge is 2.18. The van der Waals surface area contributed by atoms with Crippen LogP contribution in [0.25, 0.3) is 0 Å². The normalized spacial score (nSPS) is 10.2. The minimum Gasteiger partial charge on any atom is -0.462 e. The fraction of sp³-hybridized carbons (Fsp3) is 0.333. The number of hydrogen-bond donors (Lipinski definition) is 0. The zero-order valence-electron chi connectivity index (χ0n) is 16.3. The molecule has 2 rings (SSSR count). The smallest absolute Gasteiger partial charge is 0.340 e. The van der Waals surface area contributed by atoms with Gasteiger partial charge in [0.15, 0.2) is 0 Å². The van der Waals surface area contributed by atoms with Gasteiger partial charge in [-0.25, -0.2) is 9.78 Å². The van der Waals surface area contributed by atoms with Gasteiger partial charge in [-0.15, -0.1) is 0 Å². The van der Waals surface area contributed by atoms with Crippen LogP contribution in [0.5, 0.6) is 0 Å². The summed E-state index contributed by atoms with van der Waals surface area (Å²) in [6, 6.07) is 13.3. The molecule has 0 saturated carbocycles. The maximum atomic E-state index is 12.6. The van der Waals surface area contributed by atoms with E-state index in [1.807, 2.05) is 37.3 Å². The number of nitriles is 1.